The van der Waals surface area contributed by atoms with E-state index in [-0.39, 0.29) is 5.56 Å². The molecule has 0 atom stereocenters. The number of aliphatic carboxylic acids is 1. The third kappa shape index (κ3) is 2.58. The number of hydrogen-bond acceptors (Lipinski definition) is 4. The summed E-state index contributed by atoms with van der Waals surface area (Å²) in [6.45, 7) is 2.87. The van der Waals surface area contributed by atoms with Crippen LogP contribution in [0, 0.1) is 0 Å². The van der Waals surface area contributed by atoms with E-state index in [2.05, 4.69) is 15.9 Å². The van der Waals surface area contributed by atoms with E-state index in [0.717, 1.165) is 6.42 Å². The first-order valence-corrected chi connectivity index (χ1v) is 6.74. The van der Waals surface area contributed by atoms with Gasteiger partial charge in [-0.05, 0) is 28.4 Å². The van der Waals surface area contributed by atoms with Crippen molar-refractivity contribution < 1.29 is 24.2 Å². The summed E-state index contributed by atoms with van der Waals surface area (Å²) in [4.78, 5) is 22.7. The molecule has 19 heavy (non-hydrogen) atoms. The van der Waals surface area contributed by atoms with Gasteiger partial charge in [0.05, 0.1) is 18.8 Å². The van der Waals surface area contributed by atoms with E-state index in [1.165, 1.54) is 0 Å². The number of Topliss-reactive ketones (excluding diaryl/α,β-unsaturated/α-hetero) is 1. The van der Waals surface area contributed by atoms with Crippen molar-refractivity contribution in [2.24, 2.45) is 0 Å². The van der Waals surface area contributed by atoms with Gasteiger partial charge < -0.3 is 14.6 Å². The lowest BCUT2D eigenvalue weighted by Crippen LogP contribution is -2.16. The Hall–Kier alpha value is -1.56. The molecule has 102 valence electrons. The second-order valence-corrected chi connectivity index (χ2v) is 4.93. The van der Waals surface area contributed by atoms with Crippen LogP contribution in [0.2, 0.25) is 0 Å². The SMILES string of the molecule is CCc1c2c(cc(Br)c1C(=O)C(=O)O)OCCCO2. The van der Waals surface area contributed by atoms with Crippen molar-refractivity contribution in [1.29, 1.82) is 0 Å². The molecule has 0 aliphatic carbocycles. The summed E-state index contributed by atoms with van der Waals surface area (Å²) < 4.78 is 11.6. The summed E-state index contributed by atoms with van der Waals surface area (Å²) in [6.07, 6.45) is 1.23. The maximum absolute atomic E-state index is 11.8. The Balaban J connectivity index is 2.64. The molecule has 0 saturated heterocycles. The summed E-state index contributed by atoms with van der Waals surface area (Å²) in [6, 6.07) is 1.59. The standard InChI is InChI=1S/C13H13BrO5/c1-2-7-10(11(15)13(16)17)8(14)6-9-12(7)19-5-3-4-18-9/h6H,2-5H2,1H3,(H,16,17). The van der Waals surface area contributed by atoms with Crippen LogP contribution in [0.25, 0.3) is 0 Å². The molecule has 1 N–H and O–H groups in total. The molecule has 0 unspecified atom stereocenters. The van der Waals surface area contributed by atoms with E-state index in [0.29, 0.717) is 41.2 Å². The fourth-order valence-electron chi connectivity index (χ4n) is 2.03. The van der Waals surface area contributed by atoms with Crippen LogP contribution in [0.1, 0.15) is 29.3 Å². The van der Waals surface area contributed by atoms with E-state index in [4.69, 9.17) is 14.6 Å². The second kappa shape index (κ2) is 5.61. The van der Waals surface area contributed by atoms with Crippen molar-refractivity contribution in [1.82, 2.24) is 0 Å². The molecule has 0 saturated carbocycles. The molecule has 1 aliphatic rings. The lowest BCUT2D eigenvalue weighted by Gasteiger charge is -2.16. The number of hydrogen-bond donors (Lipinski definition) is 1. The second-order valence-electron chi connectivity index (χ2n) is 4.08. The fraction of sp³-hybridized carbons (Fsp3) is 0.385. The van der Waals surface area contributed by atoms with Gasteiger partial charge in [-0.2, -0.15) is 0 Å². The van der Waals surface area contributed by atoms with Crippen LogP contribution in [0.5, 0.6) is 11.5 Å². The number of carboxylic acids is 1. The number of ether oxygens (including phenoxy) is 2. The lowest BCUT2D eigenvalue weighted by atomic mass is 9.99. The molecule has 0 fully saturated rings. The lowest BCUT2D eigenvalue weighted by molar-refractivity contribution is -0.131. The highest BCUT2D eigenvalue weighted by atomic mass is 79.9. The Morgan fingerprint density at radius 3 is 2.68 bits per heavy atom. The van der Waals surface area contributed by atoms with Crippen LogP contribution in [-0.2, 0) is 11.2 Å². The zero-order valence-electron chi connectivity index (χ0n) is 10.4. The van der Waals surface area contributed by atoms with E-state index in [1.807, 2.05) is 6.92 Å². The zero-order valence-corrected chi connectivity index (χ0v) is 11.9. The summed E-state index contributed by atoms with van der Waals surface area (Å²) in [5.41, 5.74) is 0.706. The Bertz CT molecular complexity index is 538. The Kier molecular flexibility index (Phi) is 4.09. The molecular weight excluding hydrogens is 316 g/mol. The van der Waals surface area contributed by atoms with Crippen LogP contribution in [0.3, 0.4) is 0 Å². The number of ketones is 1. The van der Waals surface area contributed by atoms with Crippen molar-refractivity contribution >= 4 is 27.7 Å². The van der Waals surface area contributed by atoms with Crippen molar-refractivity contribution in [3.63, 3.8) is 0 Å². The van der Waals surface area contributed by atoms with E-state index >= 15 is 0 Å². The van der Waals surface area contributed by atoms with Gasteiger partial charge in [0, 0.05) is 16.5 Å². The smallest absolute Gasteiger partial charge is 0.377 e. The van der Waals surface area contributed by atoms with Crippen LogP contribution >= 0.6 is 15.9 Å². The molecule has 6 heteroatoms. The van der Waals surface area contributed by atoms with Crippen molar-refractivity contribution in [3.05, 3.63) is 21.7 Å². The van der Waals surface area contributed by atoms with Gasteiger partial charge in [-0.25, -0.2) is 4.79 Å². The number of carbonyl (C=O) groups excluding carboxylic acids is 1. The van der Waals surface area contributed by atoms with E-state index in [9.17, 15) is 9.59 Å². The van der Waals surface area contributed by atoms with Crippen LogP contribution in [0.15, 0.2) is 10.5 Å². The molecule has 1 aliphatic heterocycles. The van der Waals surface area contributed by atoms with Gasteiger partial charge >= 0.3 is 5.97 Å². The maximum Gasteiger partial charge on any atom is 0.377 e. The quantitative estimate of drug-likeness (QED) is 0.681. The topological polar surface area (TPSA) is 72.8 Å². The van der Waals surface area contributed by atoms with Crippen LogP contribution < -0.4 is 9.47 Å². The largest absolute Gasteiger partial charge is 0.490 e. The maximum atomic E-state index is 11.8. The molecule has 5 nitrogen and oxygen atoms in total. The van der Waals surface area contributed by atoms with Gasteiger partial charge in [-0.3, -0.25) is 4.79 Å². The third-order valence-corrected chi connectivity index (χ3v) is 3.49. The van der Waals surface area contributed by atoms with Crippen molar-refractivity contribution in [2.75, 3.05) is 13.2 Å². The first-order valence-electron chi connectivity index (χ1n) is 5.94. The highest BCUT2D eigenvalue weighted by Gasteiger charge is 2.27. The first kappa shape index (κ1) is 13.9. The molecular formula is C13H13BrO5. The number of benzene rings is 1. The Labute approximate surface area is 118 Å². The van der Waals surface area contributed by atoms with E-state index in [1.54, 1.807) is 6.07 Å². The minimum Gasteiger partial charge on any atom is -0.490 e. The van der Waals surface area contributed by atoms with E-state index < -0.39 is 11.8 Å². The Morgan fingerprint density at radius 2 is 2.05 bits per heavy atom. The van der Waals surface area contributed by atoms with Gasteiger partial charge in [-0.15, -0.1) is 0 Å². The molecule has 0 bridgehead atoms. The summed E-state index contributed by atoms with van der Waals surface area (Å²) >= 11 is 3.24. The Morgan fingerprint density at radius 1 is 1.37 bits per heavy atom. The predicted molar refractivity (Wildman–Crippen MR) is 71.1 cm³/mol. The molecule has 0 spiro atoms. The monoisotopic (exact) mass is 328 g/mol. The molecule has 1 aromatic rings. The fourth-order valence-corrected chi connectivity index (χ4v) is 2.66. The summed E-state index contributed by atoms with van der Waals surface area (Å²) in [5, 5.41) is 8.90. The average Bonchev–Trinajstić information content (AvgIpc) is 2.61. The summed E-state index contributed by atoms with van der Waals surface area (Å²) in [5.74, 6) is -1.40. The summed E-state index contributed by atoms with van der Waals surface area (Å²) in [7, 11) is 0. The normalized spacial score (nSPS) is 13.8. The number of carboxylic acid groups (broad SMARTS) is 1. The van der Waals surface area contributed by atoms with Crippen molar-refractivity contribution in [3.8, 4) is 11.5 Å². The minimum absolute atomic E-state index is 0.138. The molecule has 0 aromatic heterocycles. The number of fused-ring (bicyclic) bond motifs is 1. The minimum atomic E-state index is -1.48. The van der Waals surface area contributed by atoms with Gasteiger partial charge in [0.25, 0.3) is 5.78 Å². The third-order valence-electron chi connectivity index (χ3n) is 2.86. The van der Waals surface area contributed by atoms with Gasteiger partial charge in [0.2, 0.25) is 0 Å². The highest BCUT2D eigenvalue weighted by Crippen LogP contribution is 2.40. The molecule has 0 amide bonds. The number of rotatable bonds is 3. The van der Waals surface area contributed by atoms with Crippen LogP contribution in [-0.4, -0.2) is 30.1 Å². The highest BCUT2D eigenvalue weighted by molar-refractivity contribution is 9.10. The average molecular weight is 329 g/mol. The predicted octanol–water partition coefficient (Wildman–Crippen LogP) is 2.44. The first-order chi connectivity index (χ1) is 9.06. The number of halogens is 1. The van der Waals surface area contributed by atoms with Gasteiger partial charge in [-0.1, -0.05) is 6.92 Å². The molecule has 1 aromatic carbocycles. The van der Waals surface area contributed by atoms with Crippen LogP contribution in [0.4, 0.5) is 0 Å². The van der Waals surface area contributed by atoms with Gasteiger partial charge in [0.1, 0.15) is 0 Å². The number of carbonyl (C=O) groups is 2. The molecule has 2 rings (SSSR count). The molecule has 1 heterocycles. The zero-order chi connectivity index (χ0) is 14.0. The van der Waals surface area contributed by atoms with Crippen molar-refractivity contribution in [2.45, 2.75) is 19.8 Å². The molecule has 0 radical (unpaired) electrons. The van der Waals surface area contributed by atoms with Gasteiger partial charge in [0.15, 0.2) is 11.5 Å².